The van der Waals surface area contributed by atoms with E-state index in [0.29, 0.717) is 24.6 Å². The van der Waals surface area contributed by atoms with Crippen LogP contribution in [0.5, 0.6) is 0 Å². The van der Waals surface area contributed by atoms with Crippen molar-refractivity contribution in [3.05, 3.63) is 12.2 Å². The monoisotopic (exact) mass is 389 g/mol. The van der Waals surface area contributed by atoms with E-state index in [1.807, 2.05) is 6.08 Å². The molecule has 2 atom stereocenters. The molecule has 0 fully saturated rings. The molecule has 0 saturated heterocycles. The highest BCUT2D eigenvalue weighted by atomic mass is 32.1. The summed E-state index contributed by atoms with van der Waals surface area (Å²) in [5.41, 5.74) is -1.57. The first-order chi connectivity index (χ1) is 12.3. The van der Waals surface area contributed by atoms with Gasteiger partial charge in [-0.05, 0) is 30.9 Å². The van der Waals surface area contributed by atoms with Crippen LogP contribution in [0.15, 0.2) is 12.2 Å². The number of amides is 1. The van der Waals surface area contributed by atoms with E-state index >= 15 is 0 Å². The summed E-state index contributed by atoms with van der Waals surface area (Å²) in [6, 6.07) is 0. The Kier molecular flexibility index (Phi) is 12.6. The molecule has 0 aliphatic carbocycles. The first-order valence-electron chi connectivity index (χ1n) is 9.25. The van der Waals surface area contributed by atoms with Gasteiger partial charge < -0.3 is 10.2 Å². The van der Waals surface area contributed by atoms with Gasteiger partial charge in [0.15, 0.2) is 5.54 Å². The SMILES string of the molecule is CC[C@H](C)CC=CCC(=O)N(N(N)CCCS)[C@@](CC)(CCO)C(=O)O. The third-order valence-electron chi connectivity index (χ3n) is 4.65. The van der Waals surface area contributed by atoms with E-state index in [1.165, 1.54) is 0 Å². The molecule has 0 heterocycles. The molecule has 4 N–H and O–H groups in total. The van der Waals surface area contributed by atoms with Crippen LogP contribution < -0.4 is 5.84 Å². The van der Waals surface area contributed by atoms with Crippen LogP contribution in [0.2, 0.25) is 0 Å². The minimum absolute atomic E-state index is 0.0610. The lowest BCUT2D eigenvalue weighted by molar-refractivity contribution is -0.187. The van der Waals surface area contributed by atoms with Crippen LogP contribution in [0.25, 0.3) is 0 Å². The summed E-state index contributed by atoms with van der Waals surface area (Å²) < 4.78 is 0. The number of aliphatic hydroxyl groups is 1. The summed E-state index contributed by atoms with van der Waals surface area (Å²) in [6.45, 7) is 5.86. The lowest BCUT2D eigenvalue weighted by atomic mass is 9.91. The number of nitrogens with zero attached hydrogens (tertiary/aromatic N) is 2. The van der Waals surface area contributed by atoms with Crippen molar-refractivity contribution in [1.82, 2.24) is 10.1 Å². The number of aliphatic carboxylic acids is 1. The number of allylic oxidation sites excluding steroid dienone is 1. The molecule has 0 unspecified atom stereocenters. The fourth-order valence-corrected chi connectivity index (χ4v) is 2.83. The largest absolute Gasteiger partial charge is 0.479 e. The number of carboxylic acid groups (broad SMARTS) is 1. The predicted molar refractivity (Wildman–Crippen MR) is 106 cm³/mol. The zero-order valence-corrected chi connectivity index (χ0v) is 17.1. The first kappa shape index (κ1) is 24.9. The summed E-state index contributed by atoms with van der Waals surface area (Å²) in [5.74, 6) is 5.57. The molecule has 0 spiro atoms. The topological polar surface area (TPSA) is 107 Å². The van der Waals surface area contributed by atoms with Gasteiger partial charge in [0, 0.05) is 26.0 Å². The first-order valence-corrected chi connectivity index (χ1v) is 9.89. The van der Waals surface area contributed by atoms with Crippen LogP contribution in [0.4, 0.5) is 0 Å². The van der Waals surface area contributed by atoms with Crippen molar-refractivity contribution in [3.63, 3.8) is 0 Å². The maximum absolute atomic E-state index is 12.8. The number of nitrogens with two attached hydrogens (primary N) is 1. The normalized spacial score (nSPS) is 15.2. The van der Waals surface area contributed by atoms with Gasteiger partial charge in [-0.15, -0.1) is 0 Å². The van der Waals surface area contributed by atoms with Crippen molar-refractivity contribution in [3.8, 4) is 0 Å². The van der Waals surface area contributed by atoms with E-state index in [1.54, 1.807) is 13.0 Å². The Bertz CT molecular complexity index is 462. The Hall–Kier alpha value is -1.09. The van der Waals surface area contributed by atoms with Gasteiger partial charge in [0.1, 0.15) is 0 Å². The lowest BCUT2D eigenvalue weighted by Gasteiger charge is -2.44. The number of rotatable bonds is 14. The van der Waals surface area contributed by atoms with Crippen LogP contribution in [-0.4, -0.2) is 56.7 Å². The second-order valence-corrected chi connectivity index (χ2v) is 6.98. The molecule has 0 radical (unpaired) electrons. The molecule has 0 aromatic heterocycles. The van der Waals surface area contributed by atoms with Crippen LogP contribution in [-0.2, 0) is 9.59 Å². The summed E-state index contributed by atoms with van der Waals surface area (Å²) in [4.78, 5) is 24.8. The molecule has 0 aromatic rings. The molecule has 0 aromatic carbocycles. The second-order valence-electron chi connectivity index (χ2n) is 6.53. The van der Waals surface area contributed by atoms with Gasteiger partial charge in [-0.25, -0.2) is 9.80 Å². The minimum Gasteiger partial charge on any atom is -0.479 e. The number of carbonyl (C=O) groups excluding carboxylic acids is 1. The zero-order chi connectivity index (χ0) is 20.2. The fourth-order valence-electron chi connectivity index (χ4n) is 2.69. The number of aliphatic hydroxyl groups excluding tert-OH is 1. The summed E-state index contributed by atoms with van der Waals surface area (Å²) in [5, 5.41) is 21.5. The zero-order valence-electron chi connectivity index (χ0n) is 16.2. The quantitative estimate of drug-likeness (QED) is 0.157. The molecule has 1 amide bonds. The molecule has 7 nitrogen and oxygen atoms in total. The number of carbonyl (C=O) groups is 2. The van der Waals surface area contributed by atoms with Gasteiger partial charge in [-0.1, -0.05) is 39.3 Å². The Labute approximate surface area is 162 Å². The number of hydrogen-bond acceptors (Lipinski definition) is 6. The van der Waals surface area contributed by atoms with E-state index in [0.717, 1.165) is 23.0 Å². The van der Waals surface area contributed by atoms with Crippen LogP contribution >= 0.6 is 12.6 Å². The highest BCUT2D eigenvalue weighted by molar-refractivity contribution is 7.80. The third kappa shape index (κ3) is 7.26. The average Bonchev–Trinajstić information content (AvgIpc) is 2.62. The third-order valence-corrected chi connectivity index (χ3v) is 4.96. The van der Waals surface area contributed by atoms with Gasteiger partial charge in [0.2, 0.25) is 5.91 Å². The number of carboxylic acids is 1. The van der Waals surface area contributed by atoms with Crippen molar-refractivity contribution >= 4 is 24.5 Å². The van der Waals surface area contributed by atoms with Crippen molar-refractivity contribution in [2.24, 2.45) is 11.8 Å². The molecule has 0 saturated carbocycles. The Morgan fingerprint density at radius 2 is 1.96 bits per heavy atom. The van der Waals surface area contributed by atoms with Gasteiger partial charge in [-0.2, -0.15) is 17.7 Å². The molecule has 0 rings (SSSR count). The predicted octanol–water partition coefficient (Wildman–Crippen LogP) is 2.22. The van der Waals surface area contributed by atoms with Gasteiger partial charge in [0.25, 0.3) is 0 Å². The summed E-state index contributed by atoms with van der Waals surface area (Å²) in [6.07, 6.45) is 6.34. The van der Waals surface area contributed by atoms with Crippen LogP contribution in [0.1, 0.15) is 59.3 Å². The molecule has 0 aliphatic heterocycles. The summed E-state index contributed by atoms with van der Waals surface area (Å²) >= 11 is 4.14. The van der Waals surface area contributed by atoms with Crippen LogP contribution in [0, 0.1) is 5.92 Å². The van der Waals surface area contributed by atoms with Crippen molar-refractivity contribution in [2.75, 3.05) is 18.9 Å². The van der Waals surface area contributed by atoms with Gasteiger partial charge >= 0.3 is 5.97 Å². The lowest BCUT2D eigenvalue weighted by Crippen LogP contribution is -2.66. The Balaban J connectivity index is 5.49. The average molecular weight is 390 g/mol. The van der Waals surface area contributed by atoms with Gasteiger partial charge in [0.05, 0.1) is 0 Å². The molecule has 152 valence electrons. The number of hydrogen-bond donors (Lipinski definition) is 4. The number of hydrazine groups is 2. The van der Waals surface area contributed by atoms with Crippen LogP contribution in [0.3, 0.4) is 0 Å². The summed E-state index contributed by atoms with van der Waals surface area (Å²) in [7, 11) is 0. The smallest absolute Gasteiger partial charge is 0.331 e. The van der Waals surface area contributed by atoms with E-state index in [9.17, 15) is 19.8 Å². The fraction of sp³-hybridized carbons (Fsp3) is 0.778. The van der Waals surface area contributed by atoms with Gasteiger partial charge in [-0.3, -0.25) is 10.6 Å². The highest BCUT2D eigenvalue weighted by Crippen LogP contribution is 2.27. The standard InChI is InChI=1S/C18H35N3O4S/c1-4-15(3)9-6-7-10-16(23)21(20(19)12-8-14-26)18(5-2,11-13-22)17(24)25/h6-7,15,22,26H,4-5,8-14,19H2,1-3H3,(H,24,25)/t15-,18-/m0/s1. The molecule has 0 bridgehead atoms. The van der Waals surface area contributed by atoms with E-state index < -0.39 is 17.4 Å². The highest BCUT2D eigenvalue weighted by Gasteiger charge is 2.47. The second kappa shape index (κ2) is 13.1. The molecule has 0 aliphatic rings. The molecular formula is C18H35N3O4S. The van der Waals surface area contributed by atoms with Crippen molar-refractivity contribution in [2.45, 2.75) is 64.8 Å². The number of thiol groups is 1. The molecule has 26 heavy (non-hydrogen) atoms. The van der Waals surface area contributed by atoms with Crippen molar-refractivity contribution < 1.29 is 19.8 Å². The molecule has 8 heteroatoms. The Morgan fingerprint density at radius 1 is 1.31 bits per heavy atom. The van der Waals surface area contributed by atoms with Crippen molar-refractivity contribution in [1.29, 1.82) is 0 Å². The maximum atomic E-state index is 12.8. The van der Waals surface area contributed by atoms with E-state index in [4.69, 9.17) is 5.84 Å². The minimum atomic E-state index is -1.57. The molecular weight excluding hydrogens is 354 g/mol. The Morgan fingerprint density at radius 3 is 2.42 bits per heavy atom. The van der Waals surface area contributed by atoms with E-state index in [-0.39, 0.29) is 25.9 Å². The maximum Gasteiger partial charge on any atom is 0.331 e. The van der Waals surface area contributed by atoms with E-state index in [2.05, 4.69) is 26.5 Å².